The largest absolute Gasteiger partial charge is 0.507 e. The number of hydrogen-bond donors (Lipinski definition) is 1. The van der Waals surface area contributed by atoms with Crippen molar-refractivity contribution < 1.29 is 5.11 Å². The van der Waals surface area contributed by atoms with Crippen molar-refractivity contribution in [2.75, 3.05) is 0 Å². The average molecular weight is 371 g/mol. The number of aryl methyl sites for hydroxylation is 3. The van der Waals surface area contributed by atoms with Gasteiger partial charge in [0.1, 0.15) is 5.75 Å². The number of hydrogen-bond acceptors (Lipinski definition) is 1. The number of fused-ring (bicyclic) bond motifs is 1. The molecular weight excluding hydrogens is 340 g/mol. The van der Waals surface area contributed by atoms with Gasteiger partial charge in [0.25, 0.3) is 0 Å². The van der Waals surface area contributed by atoms with Gasteiger partial charge in [-0.05, 0) is 72.6 Å². The molecule has 0 radical (unpaired) electrons. The molecule has 0 spiro atoms. The zero-order valence-electron chi connectivity index (χ0n) is 17.4. The standard InChI is InChI=1S/C25H24O.C2H6/c1-17-10-13-20(14-11-17)25-21-8-4-3-6-19(21)7-5-9-23(25)22-15-12-18(2)16-24(22)26;1-2/h3-4,6,8,10-16,26H,5,7,9H2,1-2H3;1-2H3. The summed E-state index contributed by atoms with van der Waals surface area (Å²) in [5.74, 6) is 0.379. The van der Waals surface area contributed by atoms with Gasteiger partial charge in [-0.1, -0.05) is 80.1 Å². The highest BCUT2D eigenvalue weighted by Crippen LogP contribution is 2.42. The van der Waals surface area contributed by atoms with E-state index in [1.807, 2.05) is 26.8 Å². The molecule has 1 aliphatic carbocycles. The molecule has 144 valence electrons. The molecule has 0 bridgehead atoms. The van der Waals surface area contributed by atoms with Crippen LogP contribution >= 0.6 is 0 Å². The van der Waals surface area contributed by atoms with E-state index in [0.717, 1.165) is 30.4 Å². The molecule has 1 N–H and O–H groups in total. The molecule has 1 heteroatoms. The molecule has 3 aromatic carbocycles. The van der Waals surface area contributed by atoms with Crippen molar-refractivity contribution in [3.63, 3.8) is 0 Å². The summed E-state index contributed by atoms with van der Waals surface area (Å²) in [7, 11) is 0. The van der Waals surface area contributed by atoms with Gasteiger partial charge in [0.15, 0.2) is 0 Å². The van der Waals surface area contributed by atoms with E-state index in [1.165, 1.54) is 33.4 Å². The zero-order valence-corrected chi connectivity index (χ0v) is 17.4. The van der Waals surface area contributed by atoms with Crippen LogP contribution in [-0.2, 0) is 6.42 Å². The maximum atomic E-state index is 10.7. The molecule has 0 aliphatic heterocycles. The van der Waals surface area contributed by atoms with Crippen LogP contribution in [0, 0.1) is 13.8 Å². The number of rotatable bonds is 2. The van der Waals surface area contributed by atoms with Gasteiger partial charge in [0, 0.05) is 5.56 Å². The number of phenolic OH excluding ortho intramolecular Hbond substituents is 1. The van der Waals surface area contributed by atoms with Crippen LogP contribution in [0.1, 0.15) is 60.1 Å². The van der Waals surface area contributed by atoms with E-state index in [-0.39, 0.29) is 0 Å². The van der Waals surface area contributed by atoms with Crippen LogP contribution in [0.3, 0.4) is 0 Å². The second kappa shape index (κ2) is 8.93. The van der Waals surface area contributed by atoms with Gasteiger partial charge in [0.2, 0.25) is 0 Å². The van der Waals surface area contributed by atoms with Crippen molar-refractivity contribution in [2.24, 2.45) is 0 Å². The Kier molecular flexibility index (Phi) is 6.36. The third kappa shape index (κ3) is 4.04. The highest BCUT2D eigenvalue weighted by atomic mass is 16.3. The van der Waals surface area contributed by atoms with Crippen LogP contribution in [0.4, 0.5) is 0 Å². The highest BCUT2D eigenvalue weighted by molar-refractivity contribution is 6.00. The Labute approximate surface area is 169 Å². The van der Waals surface area contributed by atoms with Crippen molar-refractivity contribution >= 4 is 11.1 Å². The second-order valence-electron chi connectivity index (χ2n) is 7.25. The normalized spacial score (nSPS) is 13.3. The lowest BCUT2D eigenvalue weighted by atomic mass is 9.87. The zero-order chi connectivity index (χ0) is 20.1. The maximum Gasteiger partial charge on any atom is 0.123 e. The predicted molar refractivity (Wildman–Crippen MR) is 121 cm³/mol. The maximum absolute atomic E-state index is 10.7. The fourth-order valence-corrected chi connectivity index (χ4v) is 3.94. The minimum Gasteiger partial charge on any atom is -0.507 e. The molecule has 0 saturated carbocycles. The van der Waals surface area contributed by atoms with Crippen LogP contribution in [0.15, 0.2) is 66.7 Å². The summed E-state index contributed by atoms with van der Waals surface area (Å²) >= 11 is 0. The Balaban J connectivity index is 0.00000109. The minimum absolute atomic E-state index is 0.379. The average Bonchev–Trinajstić information content (AvgIpc) is 2.90. The molecule has 0 amide bonds. The van der Waals surface area contributed by atoms with Gasteiger partial charge in [0.05, 0.1) is 0 Å². The van der Waals surface area contributed by atoms with E-state index in [4.69, 9.17) is 0 Å². The van der Waals surface area contributed by atoms with Crippen molar-refractivity contribution in [1.82, 2.24) is 0 Å². The van der Waals surface area contributed by atoms with Crippen molar-refractivity contribution in [2.45, 2.75) is 47.0 Å². The fourth-order valence-electron chi connectivity index (χ4n) is 3.94. The van der Waals surface area contributed by atoms with Gasteiger partial charge in [-0.3, -0.25) is 0 Å². The molecule has 0 atom stereocenters. The number of phenols is 1. The topological polar surface area (TPSA) is 20.2 Å². The summed E-state index contributed by atoms with van der Waals surface area (Å²) in [4.78, 5) is 0. The van der Waals surface area contributed by atoms with Crippen LogP contribution < -0.4 is 0 Å². The van der Waals surface area contributed by atoms with Gasteiger partial charge < -0.3 is 5.11 Å². The Morgan fingerprint density at radius 2 is 1.39 bits per heavy atom. The van der Waals surface area contributed by atoms with E-state index < -0.39 is 0 Å². The first-order valence-electron chi connectivity index (χ1n) is 10.3. The van der Waals surface area contributed by atoms with E-state index in [0.29, 0.717) is 5.75 Å². The molecule has 0 unspecified atom stereocenters. The van der Waals surface area contributed by atoms with E-state index >= 15 is 0 Å². The summed E-state index contributed by atoms with van der Waals surface area (Å²) in [6, 6.07) is 23.5. The molecule has 0 heterocycles. The lowest BCUT2D eigenvalue weighted by molar-refractivity contribution is 0.473. The summed E-state index contributed by atoms with van der Waals surface area (Å²) in [6.45, 7) is 8.13. The first-order chi connectivity index (χ1) is 13.6. The second-order valence-corrected chi connectivity index (χ2v) is 7.25. The number of allylic oxidation sites excluding steroid dienone is 1. The number of benzene rings is 3. The molecule has 3 aromatic rings. The lowest BCUT2D eigenvalue weighted by Gasteiger charge is -2.17. The summed E-state index contributed by atoms with van der Waals surface area (Å²) in [5.41, 5.74) is 9.72. The van der Waals surface area contributed by atoms with Crippen molar-refractivity contribution in [3.8, 4) is 5.75 Å². The quantitative estimate of drug-likeness (QED) is 0.500. The molecule has 28 heavy (non-hydrogen) atoms. The number of aromatic hydroxyl groups is 1. The lowest BCUT2D eigenvalue weighted by Crippen LogP contribution is -1.96. The van der Waals surface area contributed by atoms with Crippen LogP contribution in [0.25, 0.3) is 11.1 Å². The third-order valence-corrected chi connectivity index (χ3v) is 5.28. The highest BCUT2D eigenvalue weighted by Gasteiger charge is 2.21. The van der Waals surface area contributed by atoms with Crippen LogP contribution in [0.5, 0.6) is 5.75 Å². The van der Waals surface area contributed by atoms with Crippen molar-refractivity contribution in [1.29, 1.82) is 0 Å². The summed E-state index contributed by atoms with van der Waals surface area (Å²) < 4.78 is 0. The molecule has 0 saturated heterocycles. The van der Waals surface area contributed by atoms with Gasteiger partial charge in [-0.15, -0.1) is 0 Å². The van der Waals surface area contributed by atoms with Crippen molar-refractivity contribution in [3.05, 3.63) is 100 Å². The molecule has 1 nitrogen and oxygen atoms in total. The van der Waals surface area contributed by atoms with E-state index in [2.05, 4.69) is 67.6 Å². The molecule has 4 rings (SSSR count). The molecular formula is C27H30O. The fraction of sp³-hybridized carbons (Fsp3) is 0.259. The Hall–Kier alpha value is -2.80. The monoisotopic (exact) mass is 370 g/mol. The van der Waals surface area contributed by atoms with E-state index in [9.17, 15) is 5.11 Å². The van der Waals surface area contributed by atoms with Crippen LogP contribution in [-0.4, -0.2) is 5.11 Å². The molecule has 0 fully saturated rings. The first kappa shape index (κ1) is 19.9. The predicted octanol–water partition coefficient (Wildman–Crippen LogP) is 7.33. The summed E-state index contributed by atoms with van der Waals surface area (Å²) in [5, 5.41) is 10.7. The Bertz CT molecular complexity index is 977. The van der Waals surface area contributed by atoms with Crippen LogP contribution in [0.2, 0.25) is 0 Å². The first-order valence-corrected chi connectivity index (χ1v) is 10.3. The Morgan fingerprint density at radius 1 is 0.714 bits per heavy atom. The molecule has 0 aromatic heterocycles. The SMILES string of the molecule is CC.Cc1ccc(C2=C(c3ccc(C)cc3O)CCCc3ccccc32)cc1. The third-order valence-electron chi connectivity index (χ3n) is 5.28. The molecule has 1 aliphatic rings. The van der Waals surface area contributed by atoms with Gasteiger partial charge >= 0.3 is 0 Å². The van der Waals surface area contributed by atoms with E-state index in [1.54, 1.807) is 0 Å². The van der Waals surface area contributed by atoms with Gasteiger partial charge in [-0.25, -0.2) is 0 Å². The smallest absolute Gasteiger partial charge is 0.123 e. The Morgan fingerprint density at radius 3 is 2.11 bits per heavy atom. The summed E-state index contributed by atoms with van der Waals surface area (Å²) in [6.07, 6.45) is 3.13. The van der Waals surface area contributed by atoms with Gasteiger partial charge in [-0.2, -0.15) is 0 Å². The minimum atomic E-state index is 0.379.